The Morgan fingerprint density at radius 2 is 2.00 bits per heavy atom. The highest BCUT2D eigenvalue weighted by Crippen LogP contribution is 2.29. The molecule has 0 fully saturated rings. The van der Waals surface area contributed by atoms with Gasteiger partial charge in [-0.25, -0.2) is 9.78 Å². The van der Waals surface area contributed by atoms with E-state index < -0.39 is 5.97 Å². The fourth-order valence-corrected chi connectivity index (χ4v) is 2.35. The lowest BCUT2D eigenvalue weighted by atomic mass is 10.2. The summed E-state index contributed by atoms with van der Waals surface area (Å²) >= 11 is 6.06. The molecule has 1 N–H and O–H groups in total. The van der Waals surface area contributed by atoms with Crippen molar-refractivity contribution in [2.75, 3.05) is 0 Å². The minimum absolute atomic E-state index is 0.140. The molecule has 0 aliphatic heterocycles. The largest absolute Gasteiger partial charge is 0.476 e. The van der Waals surface area contributed by atoms with E-state index in [1.807, 2.05) is 19.9 Å². The van der Waals surface area contributed by atoms with Crippen molar-refractivity contribution < 1.29 is 9.90 Å². The molecule has 0 aliphatic rings. The van der Waals surface area contributed by atoms with Crippen LogP contribution in [0.1, 0.15) is 21.6 Å². The molecular weight excluding hydrogens is 316 g/mol. The van der Waals surface area contributed by atoms with Crippen molar-refractivity contribution in [1.82, 2.24) is 9.38 Å². The zero-order valence-corrected chi connectivity index (χ0v) is 13.2. The molecule has 6 nitrogen and oxygen atoms in total. The fraction of sp³-hybridized carbons (Fsp3) is 0.125. The highest BCUT2D eigenvalue weighted by molar-refractivity contribution is 6.31. The Labute approximate surface area is 137 Å². The molecule has 0 saturated carbocycles. The number of imidazole rings is 1. The van der Waals surface area contributed by atoms with Gasteiger partial charge in [-0.2, -0.15) is 0 Å². The van der Waals surface area contributed by atoms with E-state index in [9.17, 15) is 9.90 Å². The highest BCUT2D eigenvalue weighted by atomic mass is 35.5. The summed E-state index contributed by atoms with van der Waals surface area (Å²) in [5.41, 5.74) is 2.68. The average Bonchev–Trinajstić information content (AvgIpc) is 2.87. The second kappa shape index (κ2) is 5.81. The average molecular weight is 329 g/mol. The molecule has 0 bridgehead atoms. The molecule has 0 aliphatic carbocycles. The number of hydrogen-bond donors (Lipinski definition) is 1. The van der Waals surface area contributed by atoms with E-state index in [0.29, 0.717) is 16.4 Å². The predicted octanol–water partition coefficient (Wildman–Crippen LogP) is 4.72. The van der Waals surface area contributed by atoms with Gasteiger partial charge in [-0.3, -0.25) is 4.40 Å². The molecule has 2 heterocycles. The van der Waals surface area contributed by atoms with E-state index in [2.05, 4.69) is 15.2 Å². The Bertz CT molecular complexity index is 947. The van der Waals surface area contributed by atoms with Crippen molar-refractivity contribution >= 4 is 34.7 Å². The maximum Gasteiger partial charge on any atom is 0.358 e. The molecule has 0 radical (unpaired) electrons. The summed E-state index contributed by atoms with van der Waals surface area (Å²) in [6.45, 7) is 3.73. The smallest absolute Gasteiger partial charge is 0.358 e. The van der Waals surface area contributed by atoms with E-state index in [-0.39, 0.29) is 11.5 Å². The van der Waals surface area contributed by atoms with Crippen LogP contribution < -0.4 is 0 Å². The zero-order valence-electron chi connectivity index (χ0n) is 12.5. The quantitative estimate of drug-likeness (QED) is 0.706. The molecule has 0 saturated heterocycles. The Balaban J connectivity index is 2.16. The number of carboxylic acids is 1. The van der Waals surface area contributed by atoms with Gasteiger partial charge in [-0.05, 0) is 43.2 Å². The summed E-state index contributed by atoms with van der Waals surface area (Å²) in [5.74, 6) is -0.973. The number of hydrogen-bond acceptors (Lipinski definition) is 4. The number of rotatable bonds is 3. The number of halogens is 1. The number of aromatic carboxylic acids is 1. The molecule has 0 amide bonds. The number of carboxylic acid groups (broad SMARTS) is 1. The van der Waals surface area contributed by atoms with Crippen molar-refractivity contribution in [3.8, 4) is 0 Å². The molecule has 2 aromatic heterocycles. The predicted molar refractivity (Wildman–Crippen MR) is 87.3 cm³/mol. The number of carbonyl (C=O) groups is 1. The molecule has 3 rings (SSSR count). The van der Waals surface area contributed by atoms with Crippen molar-refractivity contribution in [1.29, 1.82) is 0 Å². The summed E-state index contributed by atoms with van der Waals surface area (Å²) in [5, 5.41) is 18.2. The van der Waals surface area contributed by atoms with E-state index in [4.69, 9.17) is 11.6 Å². The maximum atomic E-state index is 11.4. The van der Waals surface area contributed by atoms with Crippen LogP contribution >= 0.6 is 11.6 Å². The second-order valence-corrected chi connectivity index (χ2v) is 5.51. The Morgan fingerprint density at radius 1 is 1.22 bits per heavy atom. The van der Waals surface area contributed by atoms with Gasteiger partial charge in [-0.1, -0.05) is 23.7 Å². The summed E-state index contributed by atoms with van der Waals surface area (Å²) in [6.07, 6.45) is 1.77. The number of pyridine rings is 1. The lowest BCUT2D eigenvalue weighted by Crippen LogP contribution is -1.96. The van der Waals surface area contributed by atoms with Gasteiger partial charge in [0.15, 0.2) is 11.5 Å². The first kappa shape index (κ1) is 15.2. The van der Waals surface area contributed by atoms with Gasteiger partial charge in [0.05, 0.1) is 5.69 Å². The molecule has 0 spiro atoms. The van der Waals surface area contributed by atoms with E-state index in [0.717, 1.165) is 11.1 Å². The van der Waals surface area contributed by atoms with Crippen LogP contribution in [0.3, 0.4) is 0 Å². The number of benzene rings is 1. The van der Waals surface area contributed by atoms with Gasteiger partial charge >= 0.3 is 5.97 Å². The van der Waals surface area contributed by atoms with Crippen LogP contribution in [0.25, 0.3) is 5.65 Å². The number of nitrogens with zero attached hydrogens (tertiary/aromatic N) is 4. The van der Waals surface area contributed by atoms with Crippen LogP contribution in [0.4, 0.5) is 11.5 Å². The number of fused-ring (bicyclic) bond motifs is 1. The standard InChI is InChI=1S/C16H13ClN4O2/c1-9-6-7-13-18-14(16(22)23)15(21(13)8-9)20-19-12-5-3-4-11(17)10(12)2/h3-8H,1-2H3,(H,22,23). The third-order valence-electron chi connectivity index (χ3n) is 3.44. The molecule has 0 unspecified atom stereocenters. The summed E-state index contributed by atoms with van der Waals surface area (Å²) in [7, 11) is 0. The van der Waals surface area contributed by atoms with Crippen LogP contribution in [0.2, 0.25) is 5.02 Å². The minimum Gasteiger partial charge on any atom is -0.476 e. The fourth-order valence-electron chi connectivity index (χ4n) is 2.18. The normalized spacial score (nSPS) is 11.4. The van der Waals surface area contributed by atoms with Crippen molar-refractivity contribution in [2.45, 2.75) is 13.8 Å². The monoisotopic (exact) mass is 328 g/mol. The Morgan fingerprint density at radius 3 is 2.74 bits per heavy atom. The van der Waals surface area contributed by atoms with E-state index >= 15 is 0 Å². The Kier molecular flexibility index (Phi) is 3.83. The van der Waals surface area contributed by atoms with Crippen molar-refractivity contribution in [2.24, 2.45) is 10.2 Å². The van der Waals surface area contributed by atoms with Gasteiger partial charge in [0.2, 0.25) is 0 Å². The molecule has 23 heavy (non-hydrogen) atoms. The molecule has 116 valence electrons. The second-order valence-electron chi connectivity index (χ2n) is 5.11. The van der Waals surface area contributed by atoms with Crippen LogP contribution in [0.15, 0.2) is 46.8 Å². The first-order chi connectivity index (χ1) is 11.0. The first-order valence-electron chi connectivity index (χ1n) is 6.86. The van der Waals surface area contributed by atoms with Crippen LogP contribution in [-0.2, 0) is 0 Å². The maximum absolute atomic E-state index is 11.4. The molecule has 0 atom stereocenters. The number of aromatic nitrogens is 2. The number of aryl methyl sites for hydroxylation is 1. The SMILES string of the molecule is Cc1ccc2nc(C(=O)O)c(N=Nc3cccc(Cl)c3C)n2c1. The van der Waals surface area contributed by atoms with Gasteiger partial charge in [-0.15, -0.1) is 10.2 Å². The lowest BCUT2D eigenvalue weighted by Gasteiger charge is -2.01. The van der Waals surface area contributed by atoms with Gasteiger partial charge in [0.25, 0.3) is 0 Å². The van der Waals surface area contributed by atoms with Crippen LogP contribution in [0, 0.1) is 13.8 Å². The molecule has 1 aromatic carbocycles. The third-order valence-corrected chi connectivity index (χ3v) is 3.84. The van der Waals surface area contributed by atoms with Crippen LogP contribution in [-0.4, -0.2) is 20.5 Å². The topological polar surface area (TPSA) is 79.3 Å². The Hall–Kier alpha value is -2.73. The third kappa shape index (κ3) is 2.80. The zero-order chi connectivity index (χ0) is 16.6. The molecule has 7 heteroatoms. The lowest BCUT2D eigenvalue weighted by molar-refractivity contribution is 0.0692. The first-order valence-corrected chi connectivity index (χ1v) is 7.24. The van der Waals surface area contributed by atoms with Gasteiger partial charge < -0.3 is 5.11 Å². The van der Waals surface area contributed by atoms with Gasteiger partial charge in [0, 0.05) is 11.2 Å². The van der Waals surface area contributed by atoms with Crippen molar-refractivity contribution in [3.05, 3.63) is 58.4 Å². The summed E-state index contributed by atoms with van der Waals surface area (Å²) in [6, 6.07) is 8.89. The minimum atomic E-state index is -1.15. The number of azo groups is 1. The highest BCUT2D eigenvalue weighted by Gasteiger charge is 2.18. The van der Waals surface area contributed by atoms with Gasteiger partial charge in [0.1, 0.15) is 5.65 Å². The van der Waals surface area contributed by atoms with Crippen LogP contribution in [0.5, 0.6) is 0 Å². The molecule has 3 aromatic rings. The molecular formula is C16H13ClN4O2. The summed E-state index contributed by atoms with van der Waals surface area (Å²) in [4.78, 5) is 15.5. The van der Waals surface area contributed by atoms with Crippen molar-refractivity contribution in [3.63, 3.8) is 0 Å². The summed E-state index contributed by atoms with van der Waals surface area (Å²) < 4.78 is 1.61. The van der Waals surface area contributed by atoms with E-state index in [1.54, 1.807) is 34.9 Å². The van der Waals surface area contributed by atoms with E-state index in [1.165, 1.54) is 0 Å².